The third-order valence-corrected chi connectivity index (χ3v) is 1.59. The van der Waals surface area contributed by atoms with Crippen molar-refractivity contribution in [1.29, 1.82) is 0 Å². The Hall–Kier alpha value is -1.03. The molecule has 0 spiro atoms. The predicted molar refractivity (Wildman–Crippen MR) is 45.7 cm³/mol. The van der Waals surface area contributed by atoms with E-state index in [0.29, 0.717) is 5.82 Å². The number of rotatable bonds is 2. The van der Waals surface area contributed by atoms with Gasteiger partial charge in [0.2, 0.25) is 0 Å². The normalized spacial score (nSPS) is 29.5. The summed E-state index contributed by atoms with van der Waals surface area (Å²) in [5.41, 5.74) is 10.8. The lowest BCUT2D eigenvalue weighted by atomic mass is 10.1. The summed E-state index contributed by atoms with van der Waals surface area (Å²) >= 11 is 0. The minimum Gasteiger partial charge on any atom is -0.385 e. The summed E-state index contributed by atoms with van der Waals surface area (Å²) in [7, 11) is 0. The van der Waals surface area contributed by atoms with Gasteiger partial charge in [-0.3, -0.25) is 0 Å². The highest BCUT2D eigenvalue weighted by atomic mass is 15.1. The Morgan fingerprint density at radius 1 is 1.73 bits per heavy atom. The fraction of sp³-hybridized carbons (Fsp3) is 0.571. The topological polar surface area (TPSA) is 76.4 Å². The van der Waals surface area contributed by atoms with Gasteiger partial charge in [-0.25, -0.2) is 4.99 Å². The van der Waals surface area contributed by atoms with Gasteiger partial charge in [-0.1, -0.05) is 13.3 Å². The van der Waals surface area contributed by atoms with Gasteiger partial charge in [0.1, 0.15) is 11.5 Å². The van der Waals surface area contributed by atoms with Crippen molar-refractivity contribution in [3.05, 3.63) is 11.9 Å². The van der Waals surface area contributed by atoms with E-state index in [4.69, 9.17) is 11.5 Å². The number of hydrogen-bond donors (Lipinski definition) is 3. The molecular formula is C7H14N4. The molecule has 0 aromatic heterocycles. The highest BCUT2D eigenvalue weighted by Gasteiger charge is 2.21. The van der Waals surface area contributed by atoms with Gasteiger partial charge < -0.3 is 16.8 Å². The van der Waals surface area contributed by atoms with Crippen LogP contribution in [0.5, 0.6) is 0 Å². The molecule has 0 bridgehead atoms. The first-order valence-corrected chi connectivity index (χ1v) is 3.74. The van der Waals surface area contributed by atoms with E-state index in [9.17, 15) is 0 Å². The van der Waals surface area contributed by atoms with Gasteiger partial charge in [-0.2, -0.15) is 0 Å². The summed E-state index contributed by atoms with van der Waals surface area (Å²) in [5.74, 6) is 0.580. The molecule has 1 atom stereocenters. The van der Waals surface area contributed by atoms with Crippen molar-refractivity contribution in [1.82, 2.24) is 5.32 Å². The van der Waals surface area contributed by atoms with Crippen LogP contribution in [-0.4, -0.2) is 12.0 Å². The van der Waals surface area contributed by atoms with Gasteiger partial charge in [0.25, 0.3) is 0 Å². The molecule has 4 heteroatoms. The molecule has 0 fully saturated rings. The summed E-state index contributed by atoms with van der Waals surface area (Å²) in [6.07, 6.45) is 5.12. The van der Waals surface area contributed by atoms with Crippen molar-refractivity contribution in [3.8, 4) is 0 Å². The van der Waals surface area contributed by atoms with Gasteiger partial charge >= 0.3 is 0 Å². The molecule has 1 aliphatic rings. The van der Waals surface area contributed by atoms with E-state index < -0.39 is 5.66 Å². The van der Waals surface area contributed by atoms with Gasteiger partial charge in [-0.05, 0) is 12.5 Å². The number of aliphatic imine (C=N–C) groups is 1. The van der Waals surface area contributed by atoms with Crippen molar-refractivity contribution >= 4 is 6.34 Å². The van der Waals surface area contributed by atoms with Gasteiger partial charge in [0, 0.05) is 0 Å². The molecule has 0 aliphatic carbocycles. The Labute approximate surface area is 66.4 Å². The van der Waals surface area contributed by atoms with Gasteiger partial charge in [0.05, 0.1) is 6.34 Å². The van der Waals surface area contributed by atoms with E-state index in [0.717, 1.165) is 12.8 Å². The van der Waals surface area contributed by atoms with E-state index in [2.05, 4.69) is 17.2 Å². The number of nitrogens with one attached hydrogen (secondary N) is 1. The molecule has 1 heterocycles. The zero-order chi connectivity index (χ0) is 8.32. The Balaban J connectivity index is 2.68. The van der Waals surface area contributed by atoms with Crippen LogP contribution in [0.2, 0.25) is 0 Å². The second-order valence-corrected chi connectivity index (χ2v) is 2.74. The van der Waals surface area contributed by atoms with Crippen LogP contribution in [0.4, 0.5) is 0 Å². The van der Waals surface area contributed by atoms with Crippen LogP contribution in [0.3, 0.4) is 0 Å². The zero-order valence-corrected chi connectivity index (χ0v) is 6.67. The molecule has 0 aromatic carbocycles. The maximum absolute atomic E-state index is 5.87. The maximum atomic E-state index is 5.87. The first-order chi connectivity index (χ1) is 5.16. The van der Waals surface area contributed by atoms with Gasteiger partial charge in [-0.15, -0.1) is 0 Å². The molecule has 62 valence electrons. The molecule has 5 N–H and O–H groups in total. The lowest BCUT2D eigenvalue weighted by molar-refractivity contribution is 0.492. The number of nitrogens with two attached hydrogens (primary N) is 2. The average molecular weight is 154 g/mol. The van der Waals surface area contributed by atoms with Crippen LogP contribution in [0.25, 0.3) is 0 Å². The Morgan fingerprint density at radius 3 is 3.00 bits per heavy atom. The van der Waals surface area contributed by atoms with Crippen molar-refractivity contribution in [2.24, 2.45) is 16.5 Å². The lowest BCUT2D eigenvalue weighted by Gasteiger charge is -2.24. The number of hydrogen-bond acceptors (Lipinski definition) is 4. The minimum atomic E-state index is -0.579. The second-order valence-electron chi connectivity index (χ2n) is 2.74. The Morgan fingerprint density at radius 2 is 2.45 bits per heavy atom. The summed E-state index contributed by atoms with van der Waals surface area (Å²) < 4.78 is 0. The van der Waals surface area contributed by atoms with E-state index in [1.807, 2.05) is 0 Å². The first kappa shape index (κ1) is 8.07. The smallest absolute Gasteiger partial charge is 0.132 e. The standard InChI is InChI=1S/C7H14N4/c1-2-3-7(9)4-6(8)10-5-11-7/h4-5H,2-3,8-9H2,1H3,(H,10,11). The lowest BCUT2D eigenvalue weighted by Crippen LogP contribution is -2.41. The highest BCUT2D eigenvalue weighted by molar-refractivity contribution is 5.60. The van der Waals surface area contributed by atoms with E-state index in [-0.39, 0.29) is 0 Å². The SMILES string of the molecule is CCCC1(N)C=C(N)NC=N1. The molecule has 4 nitrogen and oxygen atoms in total. The summed E-state index contributed by atoms with van der Waals surface area (Å²) in [5, 5.41) is 2.76. The van der Waals surface area contributed by atoms with Crippen LogP contribution in [-0.2, 0) is 0 Å². The van der Waals surface area contributed by atoms with E-state index >= 15 is 0 Å². The van der Waals surface area contributed by atoms with E-state index in [1.165, 1.54) is 0 Å². The van der Waals surface area contributed by atoms with Crippen LogP contribution < -0.4 is 16.8 Å². The molecule has 11 heavy (non-hydrogen) atoms. The largest absolute Gasteiger partial charge is 0.385 e. The van der Waals surface area contributed by atoms with Crippen LogP contribution in [0.15, 0.2) is 16.9 Å². The third kappa shape index (κ3) is 1.94. The molecule has 0 saturated heterocycles. The fourth-order valence-corrected chi connectivity index (χ4v) is 1.11. The summed E-state index contributed by atoms with van der Waals surface area (Å²) in [6, 6.07) is 0. The first-order valence-electron chi connectivity index (χ1n) is 3.74. The van der Waals surface area contributed by atoms with E-state index in [1.54, 1.807) is 12.4 Å². The molecular weight excluding hydrogens is 140 g/mol. The molecule has 1 rings (SSSR count). The van der Waals surface area contributed by atoms with Crippen LogP contribution in [0, 0.1) is 0 Å². The Kier molecular flexibility index (Phi) is 2.14. The Bertz CT molecular complexity index is 197. The maximum Gasteiger partial charge on any atom is 0.132 e. The van der Waals surface area contributed by atoms with Crippen molar-refractivity contribution in [2.75, 3.05) is 0 Å². The van der Waals surface area contributed by atoms with Crippen LogP contribution >= 0.6 is 0 Å². The summed E-state index contributed by atoms with van der Waals surface area (Å²) in [6.45, 7) is 2.07. The quantitative estimate of drug-likeness (QED) is 0.518. The minimum absolute atomic E-state index is 0.579. The fourth-order valence-electron chi connectivity index (χ4n) is 1.11. The van der Waals surface area contributed by atoms with Crippen molar-refractivity contribution < 1.29 is 0 Å². The van der Waals surface area contributed by atoms with Crippen LogP contribution in [0.1, 0.15) is 19.8 Å². The van der Waals surface area contributed by atoms with Crippen molar-refractivity contribution in [2.45, 2.75) is 25.4 Å². The molecule has 0 saturated carbocycles. The molecule has 0 radical (unpaired) electrons. The molecule has 1 aliphatic heterocycles. The average Bonchev–Trinajstić information content (AvgIpc) is 1.86. The third-order valence-electron chi connectivity index (χ3n) is 1.59. The van der Waals surface area contributed by atoms with Gasteiger partial charge in [0.15, 0.2) is 0 Å². The monoisotopic (exact) mass is 154 g/mol. The summed E-state index contributed by atoms with van der Waals surface area (Å²) in [4.78, 5) is 4.09. The highest BCUT2D eigenvalue weighted by Crippen LogP contribution is 2.14. The number of nitrogens with zero attached hydrogens (tertiary/aromatic N) is 1. The predicted octanol–water partition coefficient (Wildman–Crippen LogP) is -0.127. The second kappa shape index (κ2) is 2.92. The van der Waals surface area contributed by atoms with Crippen molar-refractivity contribution in [3.63, 3.8) is 0 Å². The zero-order valence-electron chi connectivity index (χ0n) is 6.67. The molecule has 0 amide bonds. The molecule has 1 unspecified atom stereocenters. The molecule has 0 aromatic rings.